The van der Waals surface area contributed by atoms with Crippen LogP contribution >= 0.6 is 11.6 Å². The van der Waals surface area contributed by atoms with Gasteiger partial charge in [-0.25, -0.2) is 9.91 Å². The molecule has 1 fully saturated rings. The monoisotopic (exact) mass is 386 g/mol. The van der Waals surface area contributed by atoms with Gasteiger partial charge in [-0.15, -0.1) is 0 Å². The number of anilines is 2. The molecule has 138 valence electrons. The molecule has 2 atom stereocenters. The molecule has 27 heavy (non-hydrogen) atoms. The number of carbonyl (C=O) groups is 2. The summed E-state index contributed by atoms with van der Waals surface area (Å²) in [6.07, 6.45) is 0. The van der Waals surface area contributed by atoms with E-state index >= 15 is 0 Å². The summed E-state index contributed by atoms with van der Waals surface area (Å²) in [5, 5.41) is 10.0. The van der Waals surface area contributed by atoms with E-state index in [1.54, 1.807) is 42.5 Å². The Balaban J connectivity index is 1.71. The summed E-state index contributed by atoms with van der Waals surface area (Å²) in [4.78, 5) is 27.0. The number of carbonyl (C=O) groups excluding carboxylic acids is 2. The fraction of sp³-hybridized carbons (Fsp3) is 0.222. The lowest BCUT2D eigenvalue weighted by Gasteiger charge is -2.21. The zero-order chi connectivity index (χ0) is 19.1. The highest BCUT2D eigenvalue weighted by molar-refractivity contribution is 6.30. The van der Waals surface area contributed by atoms with Crippen molar-refractivity contribution in [1.82, 2.24) is 0 Å². The van der Waals surface area contributed by atoms with E-state index in [-0.39, 0.29) is 0 Å². The molecule has 2 aromatic rings. The van der Waals surface area contributed by atoms with Gasteiger partial charge in [-0.3, -0.25) is 9.59 Å². The maximum absolute atomic E-state index is 13.1. The molecule has 2 heterocycles. The number of benzene rings is 2. The molecule has 2 aliphatic rings. The van der Waals surface area contributed by atoms with Gasteiger partial charge in [0.05, 0.1) is 25.6 Å². The zero-order valence-electron chi connectivity index (χ0n) is 14.5. The van der Waals surface area contributed by atoms with Gasteiger partial charge in [0.15, 0.2) is 12.1 Å². The van der Waals surface area contributed by atoms with Crippen LogP contribution in [-0.4, -0.2) is 38.1 Å². The van der Waals surface area contributed by atoms with Crippen LogP contribution in [0, 0.1) is 0 Å². The van der Waals surface area contributed by atoms with E-state index in [0.29, 0.717) is 27.9 Å². The van der Waals surface area contributed by atoms with Gasteiger partial charge in [0.25, 0.3) is 11.8 Å². The van der Waals surface area contributed by atoms with Crippen molar-refractivity contribution in [3.63, 3.8) is 0 Å². The molecule has 0 bridgehead atoms. The first kappa shape index (κ1) is 17.3. The third-order valence-electron chi connectivity index (χ3n) is 4.47. The van der Waals surface area contributed by atoms with E-state index in [2.05, 4.69) is 10.3 Å². The molecule has 1 saturated heterocycles. The highest BCUT2D eigenvalue weighted by atomic mass is 35.5. The van der Waals surface area contributed by atoms with Crippen LogP contribution in [0.3, 0.4) is 0 Å². The molecule has 0 spiro atoms. The lowest BCUT2D eigenvalue weighted by Crippen LogP contribution is -2.39. The van der Waals surface area contributed by atoms with Crippen LogP contribution in [0.15, 0.2) is 52.8 Å². The van der Waals surface area contributed by atoms with E-state index in [0.717, 1.165) is 4.90 Å². The Morgan fingerprint density at radius 3 is 2.15 bits per heavy atom. The van der Waals surface area contributed by atoms with Gasteiger partial charge < -0.3 is 9.47 Å². The first-order chi connectivity index (χ1) is 13.0. The molecule has 0 N–H and O–H groups in total. The Kier molecular flexibility index (Phi) is 4.19. The second-order valence-corrected chi connectivity index (χ2v) is 6.43. The van der Waals surface area contributed by atoms with Gasteiger partial charge in [-0.1, -0.05) is 16.8 Å². The largest absolute Gasteiger partial charge is 0.497 e. The number of rotatable bonds is 4. The average molecular weight is 387 g/mol. The summed E-state index contributed by atoms with van der Waals surface area (Å²) in [7, 11) is 2.99. The summed E-state index contributed by atoms with van der Waals surface area (Å²) in [6.45, 7) is 0. The van der Waals surface area contributed by atoms with Gasteiger partial charge in [-0.05, 0) is 24.3 Å². The van der Waals surface area contributed by atoms with Gasteiger partial charge in [0.1, 0.15) is 11.5 Å². The molecule has 9 heteroatoms. The minimum atomic E-state index is -0.898. The summed E-state index contributed by atoms with van der Waals surface area (Å²) < 4.78 is 10.5. The van der Waals surface area contributed by atoms with Crippen LogP contribution in [0.2, 0.25) is 5.02 Å². The number of amides is 2. The van der Waals surface area contributed by atoms with Crippen LogP contribution in [0.25, 0.3) is 0 Å². The quantitative estimate of drug-likeness (QED) is 0.754. The SMILES string of the molecule is COc1cc(OC)cc(N2C(=O)[C@@H]3[C@@H](N=NN3c3ccc(Cl)cc3)C2=O)c1. The van der Waals surface area contributed by atoms with E-state index in [4.69, 9.17) is 21.1 Å². The maximum Gasteiger partial charge on any atom is 0.263 e. The summed E-state index contributed by atoms with van der Waals surface area (Å²) in [6, 6.07) is 9.94. The van der Waals surface area contributed by atoms with E-state index < -0.39 is 23.9 Å². The Morgan fingerprint density at radius 2 is 1.56 bits per heavy atom. The standard InChI is InChI=1S/C18H15ClN4O4/c1-26-13-7-12(8-14(9-13)27-2)22-17(24)15-16(18(22)25)23(21-20-15)11-5-3-10(19)4-6-11/h3-9,15-16H,1-2H3/t15-,16+/m1/s1. The predicted octanol–water partition coefficient (Wildman–Crippen LogP) is 2.86. The van der Waals surface area contributed by atoms with Gasteiger partial charge in [-0.2, -0.15) is 5.11 Å². The Bertz CT molecular complexity index is 925. The number of fused-ring (bicyclic) bond motifs is 1. The van der Waals surface area contributed by atoms with E-state index in [1.807, 2.05) is 0 Å². The van der Waals surface area contributed by atoms with Crippen molar-refractivity contribution in [2.45, 2.75) is 12.1 Å². The molecule has 0 aromatic heterocycles. The molecule has 0 unspecified atom stereocenters. The molecule has 2 amide bonds. The number of hydrogen-bond donors (Lipinski definition) is 0. The Morgan fingerprint density at radius 1 is 0.926 bits per heavy atom. The topological polar surface area (TPSA) is 83.8 Å². The molecule has 2 aromatic carbocycles. The van der Waals surface area contributed by atoms with Gasteiger partial charge >= 0.3 is 0 Å². The van der Waals surface area contributed by atoms with Crippen molar-refractivity contribution in [1.29, 1.82) is 0 Å². The van der Waals surface area contributed by atoms with Crippen LogP contribution in [-0.2, 0) is 9.59 Å². The van der Waals surface area contributed by atoms with Crippen molar-refractivity contribution >= 4 is 34.8 Å². The number of imide groups is 1. The number of nitrogens with zero attached hydrogens (tertiary/aromatic N) is 4. The van der Waals surface area contributed by atoms with Crippen molar-refractivity contribution in [3.05, 3.63) is 47.5 Å². The normalized spacial score (nSPS) is 21.0. The molecule has 2 aliphatic heterocycles. The third kappa shape index (κ3) is 2.78. The highest BCUT2D eigenvalue weighted by Gasteiger charge is 2.55. The summed E-state index contributed by atoms with van der Waals surface area (Å²) in [5.74, 6) is 0.0807. The Hall–Kier alpha value is -3.13. The number of hydrogen-bond acceptors (Lipinski definition) is 7. The molecular formula is C18H15ClN4O4. The second kappa shape index (κ2) is 6.55. The lowest BCUT2D eigenvalue weighted by atomic mass is 10.1. The van der Waals surface area contributed by atoms with E-state index in [9.17, 15) is 9.59 Å². The second-order valence-electron chi connectivity index (χ2n) is 6.00. The average Bonchev–Trinajstić information content (AvgIpc) is 3.22. The van der Waals surface area contributed by atoms with Crippen molar-refractivity contribution in [2.75, 3.05) is 24.1 Å². The van der Waals surface area contributed by atoms with Crippen LogP contribution in [0.1, 0.15) is 0 Å². The summed E-state index contributed by atoms with van der Waals surface area (Å²) in [5.41, 5.74) is 0.990. The molecule has 0 saturated carbocycles. The lowest BCUT2D eigenvalue weighted by molar-refractivity contribution is -0.121. The summed E-state index contributed by atoms with van der Waals surface area (Å²) >= 11 is 5.92. The first-order valence-corrected chi connectivity index (χ1v) is 8.47. The van der Waals surface area contributed by atoms with Crippen LogP contribution < -0.4 is 19.4 Å². The number of halogens is 1. The molecule has 4 rings (SSSR count). The minimum absolute atomic E-state index is 0.363. The fourth-order valence-electron chi connectivity index (χ4n) is 3.14. The predicted molar refractivity (Wildman–Crippen MR) is 98.4 cm³/mol. The van der Waals surface area contributed by atoms with E-state index in [1.165, 1.54) is 19.2 Å². The van der Waals surface area contributed by atoms with Crippen LogP contribution in [0.5, 0.6) is 11.5 Å². The number of ether oxygens (including phenoxy) is 2. The van der Waals surface area contributed by atoms with Crippen LogP contribution in [0.4, 0.5) is 11.4 Å². The van der Waals surface area contributed by atoms with Crippen molar-refractivity contribution < 1.29 is 19.1 Å². The smallest absolute Gasteiger partial charge is 0.263 e. The Labute approximate surface area is 159 Å². The highest BCUT2D eigenvalue weighted by Crippen LogP contribution is 2.37. The molecule has 0 radical (unpaired) electrons. The maximum atomic E-state index is 13.1. The fourth-order valence-corrected chi connectivity index (χ4v) is 3.27. The number of methoxy groups -OCH3 is 2. The van der Waals surface area contributed by atoms with Crippen molar-refractivity contribution in [2.24, 2.45) is 10.3 Å². The van der Waals surface area contributed by atoms with Gasteiger partial charge in [0.2, 0.25) is 0 Å². The molecule has 0 aliphatic carbocycles. The van der Waals surface area contributed by atoms with Crippen molar-refractivity contribution in [3.8, 4) is 11.5 Å². The minimum Gasteiger partial charge on any atom is -0.497 e. The zero-order valence-corrected chi connectivity index (χ0v) is 15.3. The van der Waals surface area contributed by atoms with Gasteiger partial charge in [0, 0.05) is 23.2 Å². The molecular weight excluding hydrogens is 372 g/mol. The third-order valence-corrected chi connectivity index (χ3v) is 4.72. The molecule has 8 nitrogen and oxygen atoms in total. The first-order valence-electron chi connectivity index (χ1n) is 8.10.